The van der Waals surface area contributed by atoms with Crippen LogP contribution in [0.2, 0.25) is 0 Å². The Labute approximate surface area is 180 Å². The number of methoxy groups -OCH3 is 1. The molecule has 1 amide bonds. The predicted molar refractivity (Wildman–Crippen MR) is 119 cm³/mol. The third kappa shape index (κ3) is 4.11. The van der Waals surface area contributed by atoms with Crippen LogP contribution in [0.15, 0.2) is 30.6 Å². The zero-order valence-electron chi connectivity index (χ0n) is 17.5. The minimum Gasteiger partial charge on any atom is -0.497 e. The molecule has 0 spiro atoms. The largest absolute Gasteiger partial charge is 0.497 e. The molecule has 1 N–H and O–H groups in total. The number of likely N-dealkylation sites (N-methyl/N-ethyl adjacent to an activating group) is 1. The topological polar surface area (TPSA) is 76.6 Å². The molecule has 7 nitrogen and oxygen atoms in total. The van der Waals surface area contributed by atoms with E-state index in [4.69, 9.17) is 9.47 Å². The molecule has 1 aliphatic rings. The number of hydrogen-bond donors (Lipinski definition) is 1. The summed E-state index contributed by atoms with van der Waals surface area (Å²) >= 11 is 1.43. The number of thiophene rings is 1. The Morgan fingerprint density at radius 1 is 1.40 bits per heavy atom. The lowest BCUT2D eigenvalue weighted by Gasteiger charge is -2.22. The van der Waals surface area contributed by atoms with Gasteiger partial charge in [0.1, 0.15) is 22.7 Å². The molecule has 0 bridgehead atoms. The Hall–Kier alpha value is -2.71. The van der Waals surface area contributed by atoms with E-state index >= 15 is 0 Å². The third-order valence-electron chi connectivity index (χ3n) is 5.54. The Morgan fingerprint density at radius 2 is 2.27 bits per heavy atom. The Kier molecular flexibility index (Phi) is 6.15. The molecule has 0 unspecified atom stereocenters. The highest BCUT2D eigenvalue weighted by Crippen LogP contribution is 2.34. The first-order valence-electron chi connectivity index (χ1n) is 10.0. The van der Waals surface area contributed by atoms with Crippen LogP contribution in [0.5, 0.6) is 5.75 Å². The van der Waals surface area contributed by atoms with Crippen molar-refractivity contribution in [2.75, 3.05) is 39.2 Å². The molecule has 1 atom stereocenters. The number of aryl methyl sites for hydroxylation is 1. The number of rotatable bonds is 7. The third-order valence-corrected chi connectivity index (χ3v) is 6.72. The summed E-state index contributed by atoms with van der Waals surface area (Å²) in [6.07, 6.45) is 3.26. The highest BCUT2D eigenvalue weighted by Gasteiger charge is 2.28. The van der Waals surface area contributed by atoms with Crippen LogP contribution in [0.1, 0.15) is 27.2 Å². The number of carbonyl (C=O) groups is 1. The van der Waals surface area contributed by atoms with E-state index < -0.39 is 0 Å². The molecule has 3 heterocycles. The molecule has 8 heteroatoms. The molecule has 2 aromatic heterocycles. The van der Waals surface area contributed by atoms with Crippen LogP contribution in [0.3, 0.4) is 0 Å². The Balaban J connectivity index is 1.52. The Bertz CT molecular complexity index is 1050. The van der Waals surface area contributed by atoms with Gasteiger partial charge in [-0.05, 0) is 43.0 Å². The second-order valence-corrected chi connectivity index (χ2v) is 8.42. The summed E-state index contributed by atoms with van der Waals surface area (Å²) in [4.78, 5) is 25.3. The molecule has 0 radical (unpaired) electrons. The zero-order valence-corrected chi connectivity index (χ0v) is 18.3. The molecule has 1 aliphatic heterocycles. The standard InChI is InChI=1S/C22H26N4O3S/c1-14-18-20(23-9-7-15-5-4-6-17(11-15)28-3)24-13-25-21(18)30-19(14)22(27)26(2)16-8-10-29-12-16/h4-6,11,13,16H,7-10,12H2,1-3H3,(H,23,24,25)/t16-/m0/s1. The zero-order chi connectivity index (χ0) is 21.1. The highest BCUT2D eigenvalue weighted by molar-refractivity contribution is 7.20. The number of fused-ring (bicyclic) bond motifs is 1. The summed E-state index contributed by atoms with van der Waals surface area (Å²) in [7, 11) is 3.52. The average Bonchev–Trinajstić information content (AvgIpc) is 3.42. The van der Waals surface area contributed by atoms with Crippen LogP contribution in [0.25, 0.3) is 10.2 Å². The molecule has 3 aromatic rings. The van der Waals surface area contributed by atoms with Crippen molar-refractivity contribution in [1.29, 1.82) is 0 Å². The summed E-state index contributed by atoms with van der Waals surface area (Å²) in [6.45, 7) is 4.00. The normalized spacial score (nSPS) is 16.0. The SMILES string of the molecule is COc1cccc(CCNc2ncnc3sc(C(=O)N(C)[C@H]4CCOC4)c(C)c23)c1. The van der Waals surface area contributed by atoms with Crippen LogP contribution in [-0.4, -0.2) is 60.7 Å². The van der Waals surface area contributed by atoms with Gasteiger partial charge in [-0.2, -0.15) is 0 Å². The van der Waals surface area contributed by atoms with E-state index in [9.17, 15) is 4.79 Å². The molecule has 0 aliphatic carbocycles. The summed E-state index contributed by atoms with van der Waals surface area (Å²) in [5, 5.41) is 4.34. The minimum atomic E-state index is 0.0216. The molecule has 4 rings (SSSR count). The van der Waals surface area contributed by atoms with E-state index in [1.54, 1.807) is 18.3 Å². The van der Waals surface area contributed by atoms with E-state index in [-0.39, 0.29) is 11.9 Å². The van der Waals surface area contributed by atoms with Crippen LogP contribution < -0.4 is 10.1 Å². The van der Waals surface area contributed by atoms with Crippen molar-refractivity contribution in [3.8, 4) is 5.75 Å². The highest BCUT2D eigenvalue weighted by atomic mass is 32.1. The van der Waals surface area contributed by atoms with Crippen LogP contribution in [0, 0.1) is 6.92 Å². The average molecular weight is 427 g/mol. The summed E-state index contributed by atoms with van der Waals surface area (Å²) in [5.41, 5.74) is 2.11. The van der Waals surface area contributed by atoms with Gasteiger partial charge in [0.25, 0.3) is 5.91 Å². The van der Waals surface area contributed by atoms with Gasteiger partial charge < -0.3 is 19.7 Å². The van der Waals surface area contributed by atoms with Crippen LogP contribution in [0.4, 0.5) is 5.82 Å². The van der Waals surface area contributed by atoms with E-state index in [2.05, 4.69) is 21.4 Å². The number of carbonyl (C=O) groups excluding carboxylic acids is 1. The lowest BCUT2D eigenvalue weighted by Crippen LogP contribution is -2.37. The fourth-order valence-electron chi connectivity index (χ4n) is 3.72. The number of nitrogens with zero attached hydrogens (tertiary/aromatic N) is 3. The molecular formula is C22H26N4O3S. The smallest absolute Gasteiger partial charge is 0.264 e. The van der Waals surface area contributed by atoms with Gasteiger partial charge in [0.05, 0.1) is 30.0 Å². The number of amides is 1. The van der Waals surface area contributed by atoms with Gasteiger partial charge in [0.2, 0.25) is 0 Å². The maximum atomic E-state index is 13.1. The van der Waals surface area contributed by atoms with Crippen molar-refractivity contribution < 1.29 is 14.3 Å². The van der Waals surface area contributed by atoms with Crippen LogP contribution in [-0.2, 0) is 11.2 Å². The van der Waals surface area contributed by atoms with E-state index in [1.807, 2.05) is 32.2 Å². The van der Waals surface area contributed by atoms with Gasteiger partial charge in [-0.25, -0.2) is 9.97 Å². The van der Waals surface area contributed by atoms with Crippen molar-refractivity contribution in [3.63, 3.8) is 0 Å². The van der Waals surface area contributed by atoms with Crippen molar-refractivity contribution in [3.05, 3.63) is 46.6 Å². The number of ether oxygens (including phenoxy) is 2. The quantitative estimate of drug-likeness (QED) is 0.623. The first-order valence-corrected chi connectivity index (χ1v) is 10.9. The van der Waals surface area contributed by atoms with Gasteiger partial charge in [-0.15, -0.1) is 11.3 Å². The van der Waals surface area contributed by atoms with Crippen LogP contribution >= 0.6 is 11.3 Å². The second kappa shape index (κ2) is 8.97. The number of anilines is 1. The van der Waals surface area contributed by atoms with Gasteiger partial charge in [-0.1, -0.05) is 12.1 Å². The second-order valence-electron chi connectivity index (χ2n) is 7.42. The lowest BCUT2D eigenvalue weighted by atomic mass is 10.1. The van der Waals surface area contributed by atoms with Crippen molar-refractivity contribution in [2.45, 2.75) is 25.8 Å². The van der Waals surface area contributed by atoms with Gasteiger partial charge >= 0.3 is 0 Å². The monoisotopic (exact) mass is 426 g/mol. The predicted octanol–water partition coefficient (Wildman–Crippen LogP) is 3.52. The van der Waals surface area contributed by atoms with E-state index in [0.717, 1.165) is 51.6 Å². The number of aromatic nitrogens is 2. The molecule has 30 heavy (non-hydrogen) atoms. The molecule has 1 fully saturated rings. The molecule has 1 saturated heterocycles. The molecular weight excluding hydrogens is 400 g/mol. The number of benzene rings is 1. The fourth-order valence-corrected chi connectivity index (χ4v) is 4.85. The maximum absolute atomic E-state index is 13.1. The number of hydrogen-bond acceptors (Lipinski definition) is 7. The Morgan fingerprint density at radius 3 is 3.03 bits per heavy atom. The molecule has 0 saturated carbocycles. The van der Waals surface area contributed by atoms with E-state index in [1.165, 1.54) is 16.9 Å². The van der Waals surface area contributed by atoms with Crippen molar-refractivity contribution >= 4 is 33.3 Å². The minimum absolute atomic E-state index is 0.0216. The van der Waals surface area contributed by atoms with Crippen molar-refractivity contribution in [1.82, 2.24) is 14.9 Å². The van der Waals surface area contributed by atoms with Gasteiger partial charge in [0, 0.05) is 20.2 Å². The van der Waals surface area contributed by atoms with Gasteiger partial charge in [-0.3, -0.25) is 4.79 Å². The van der Waals surface area contributed by atoms with Crippen molar-refractivity contribution in [2.24, 2.45) is 0 Å². The lowest BCUT2D eigenvalue weighted by molar-refractivity contribution is 0.0715. The van der Waals surface area contributed by atoms with Gasteiger partial charge in [0.15, 0.2) is 0 Å². The summed E-state index contributed by atoms with van der Waals surface area (Å²) in [5.74, 6) is 1.64. The molecule has 158 valence electrons. The molecule has 1 aromatic carbocycles. The first kappa shape index (κ1) is 20.6. The first-order chi connectivity index (χ1) is 14.6. The summed E-state index contributed by atoms with van der Waals surface area (Å²) < 4.78 is 10.7. The van der Waals surface area contributed by atoms with E-state index in [0.29, 0.717) is 13.2 Å². The number of nitrogens with one attached hydrogen (secondary N) is 1. The summed E-state index contributed by atoms with van der Waals surface area (Å²) in [6, 6.07) is 8.17. The maximum Gasteiger partial charge on any atom is 0.264 e. The fraction of sp³-hybridized carbons (Fsp3) is 0.409.